The van der Waals surface area contributed by atoms with Crippen LogP contribution in [0.4, 0.5) is 0 Å². The Hall–Kier alpha value is -1.67. The molecule has 0 spiro atoms. The largest absolute Gasteiger partial charge is 0.481 e. The van der Waals surface area contributed by atoms with Gasteiger partial charge in [0.15, 0.2) is 0 Å². The first-order valence-electron chi connectivity index (χ1n) is 3.40. The Morgan fingerprint density at radius 2 is 2.58 bits per heavy atom. The molecule has 0 amide bonds. The van der Waals surface area contributed by atoms with Crippen LogP contribution in [0.1, 0.15) is 5.56 Å². The number of rotatable bonds is 3. The third kappa shape index (κ3) is 1.90. The van der Waals surface area contributed by atoms with Crippen LogP contribution in [0.2, 0.25) is 0 Å². The molecule has 4 nitrogen and oxygen atoms in total. The Labute approximate surface area is 69.9 Å². The van der Waals surface area contributed by atoms with E-state index in [0.717, 1.165) is 5.56 Å². The van der Waals surface area contributed by atoms with Crippen molar-refractivity contribution in [2.24, 2.45) is 4.99 Å². The van der Waals surface area contributed by atoms with Gasteiger partial charge in [0, 0.05) is 11.8 Å². The van der Waals surface area contributed by atoms with Crippen LogP contribution < -0.4 is 4.74 Å². The van der Waals surface area contributed by atoms with Crippen LogP contribution >= 0.6 is 0 Å². The summed E-state index contributed by atoms with van der Waals surface area (Å²) in [6, 6.07) is 3.56. The van der Waals surface area contributed by atoms with Crippen molar-refractivity contribution in [3.8, 4) is 5.88 Å². The molecule has 12 heavy (non-hydrogen) atoms. The molecule has 0 saturated heterocycles. The van der Waals surface area contributed by atoms with E-state index in [0.29, 0.717) is 5.88 Å². The Balaban J connectivity index is 2.88. The maximum atomic E-state index is 9.82. The minimum Gasteiger partial charge on any atom is -0.481 e. The smallest absolute Gasteiger partial charge is 0.235 e. The number of ether oxygens (including phenoxy) is 1. The molecule has 62 valence electrons. The number of carbonyl (C=O) groups excluding carboxylic acids is 1. The van der Waals surface area contributed by atoms with Crippen molar-refractivity contribution < 1.29 is 9.53 Å². The summed E-state index contributed by atoms with van der Waals surface area (Å²) >= 11 is 0. The fraction of sp³-hybridized carbons (Fsp3) is 0.250. The summed E-state index contributed by atoms with van der Waals surface area (Å²) in [4.78, 5) is 17.2. The fourth-order valence-corrected chi connectivity index (χ4v) is 0.846. The Morgan fingerprint density at radius 1 is 1.75 bits per heavy atom. The standard InChI is InChI=1S/C8H8N2O2/c1-12-8-7(5-9-6-11)3-2-4-10-8/h2-4H,5H2,1H3. The topological polar surface area (TPSA) is 51.6 Å². The fourth-order valence-electron chi connectivity index (χ4n) is 0.846. The molecule has 0 aliphatic rings. The van der Waals surface area contributed by atoms with E-state index >= 15 is 0 Å². The van der Waals surface area contributed by atoms with Crippen LogP contribution in [0.25, 0.3) is 0 Å². The van der Waals surface area contributed by atoms with Crippen molar-refractivity contribution in [2.45, 2.75) is 6.54 Å². The Kier molecular flexibility index (Phi) is 2.99. The van der Waals surface area contributed by atoms with E-state index in [9.17, 15) is 4.79 Å². The van der Waals surface area contributed by atoms with Gasteiger partial charge in [0.2, 0.25) is 12.0 Å². The zero-order valence-electron chi connectivity index (χ0n) is 6.65. The number of hydrogen-bond acceptors (Lipinski definition) is 4. The molecular weight excluding hydrogens is 156 g/mol. The molecule has 0 unspecified atom stereocenters. The summed E-state index contributed by atoms with van der Waals surface area (Å²) in [6.45, 7) is 0.264. The number of hydrogen-bond donors (Lipinski definition) is 0. The first kappa shape index (κ1) is 8.43. The molecular formula is C8H8N2O2. The highest BCUT2D eigenvalue weighted by Gasteiger charge is 2.00. The second kappa shape index (κ2) is 4.26. The average Bonchev–Trinajstić information content (AvgIpc) is 2.15. The number of aliphatic imine (C=N–C) groups is 1. The molecule has 0 fully saturated rings. The van der Waals surface area contributed by atoms with E-state index in [1.807, 2.05) is 0 Å². The number of isocyanates is 1. The van der Waals surface area contributed by atoms with Gasteiger partial charge in [-0.2, -0.15) is 0 Å². The van der Waals surface area contributed by atoms with Crippen molar-refractivity contribution in [3.05, 3.63) is 23.9 Å². The molecule has 0 aromatic carbocycles. The van der Waals surface area contributed by atoms with Gasteiger partial charge in [0.1, 0.15) is 0 Å². The van der Waals surface area contributed by atoms with Gasteiger partial charge < -0.3 is 4.74 Å². The van der Waals surface area contributed by atoms with E-state index in [4.69, 9.17) is 4.74 Å². The van der Waals surface area contributed by atoms with Crippen molar-refractivity contribution in [1.29, 1.82) is 0 Å². The molecule has 4 heteroatoms. The third-order valence-electron chi connectivity index (χ3n) is 1.36. The lowest BCUT2D eigenvalue weighted by molar-refractivity contribution is 0.392. The predicted octanol–water partition coefficient (Wildman–Crippen LogP) is 0.926. The molecule has 0 bridgehead atoms. The molecule has 0 atom stereocenters. The van der Waals surface area contributed by atoms with E-state index in [1.165, 1.54) is 13.2 Å². The van der Waals surface area contributed by atoms with Crippen molar-refractivity contribution >= 4 is 6.08 Å². The van der Waals surface area contributed by atoms with Crippen LogP contribution in [-0.2, 0) is 11.3 Å². The molecule has 1 heterocycles. The summed E-state index contributed by atoms with van der Waals surface area (Å²) in [7, 11) is 1.52. The summed E-state index contributed by atoms with van der Waals surface area (Å²) in [5, 5.41) is 0. The average molecular weight is 164 g/mol. The van der Waals surface area contributed by atoms with Crippen LogP contribution in [0.15, 0.2) is 23.3 Å². The van der Waals surface area contributed by atoms with Crippen LogP contribution in [0.3, 0.4) is 0 Å². The van der Waals surface area contributed by atoms with Gasteiger partial charge in [0.25, 0.3) is 0 Å². The van der Waals surface area contributed by atoms with E-state index < -0.39 is 0 Å². The van der Waals surface area contributed by atoms with Gasteiger partial charge in [-0.05, 0) is 6.07 Å². The third-order valence-corrected chi connectivity index (χ3v) is 1.36. The van der Waals surface area contributed by atoms with Crippen molar-refractivity contribution in [2.75, 3.05) is 7.11 Å². The molecule has 0 saturated carbocycles. The van der Waals surface area contributed by atoms with Gasteiger partial charge in [-0.1, -0.05) is 6.07 Å². The monoisotopic (exact) mass is 164 g/mol. The molecule has 1 aromatic heterocycles. The summed E-state index contributed by atoms with van der Waals surface area (Å²) in [5.41, 5.74) is 0.781. The van der Waals surface area contributed by atoms with Crippen LogP contribution in [-0.4, -0.2) is 18.2 Å². The highest BCUT2D eigenvalue weighted by atomic mass is 16.5. The van der Waals surface area contributed by atoms with E-state index in [2.05, 4.69) is 9.98 Å². The van der Waals surface area contributed by atoms with Crippen molar-refractivity contribution in [3.63, 3.8) is 0 Å². The maximum absolute atomic E-state index is 9.82. The molecule has 0 radical (unpaired) electrons. The number of methoxy groups -OCH3 is 1. The number of pyridine rings is 1. The van der Waals surface area contributed by atoms with Crippen LogP contribution in [0, 0.1) is 0 Å². The Bertz CT molecular complexity index is 306. The predicted molar refractivity (Wildman–Crippen MR) is 42.6 cm³/mol. The zero-order chi connectivity index (χ0) is 8.81. The van der Waals surface area contributed by atoms with Gasteiger partial charge in [-0.15, -0.1) is 0 Å². The summed E-state index contributed by atoms with van der Waals surface area (Å²) in [6.07, 6.45) is 3.08. The first-order chi connectivity index (χ1) is 5.88. The molecule has 1 rings (SSSR count). The minimum atomic E-state index is 0.264. The SMILES string of the molecule is COc1ncccc1CN=C=O. The normalized spacial score (nSPS) is 8.75. The molecule has 0 N–H and O–H groups in total. The Morgan fingerprint density at radius 3 is 3.25 bits per heavy atom. The number of aromatic nitrogens is 1. The van der Waals surface area contributed by atoms with Gasteiger partial charge in [0.05, 0.1) is 13.7 Å². The van der Waals surface area contributed by atoms with Crippen molar-refractivity contribution in [1.82, 2.24) is 4.98 Å². The van der Waals surface area contributed by atoms with Gasteiger partial charge in [-0.25, -0.2) is 14.8 Å². The lowest BCUT2D eigenvalue weighted by Gasteiger charge is -2.01. The first-order valence-corrected chi connectivity index (χ1v) is 3.40. The number of nitrogens with zero attached hydrogens (tertiary/aromatic N) is 2. The summed E-state index contributed by atoms with van der Waals surface area (Å²) < 4.78 is 4.94. The van der Waals surface area contributed by atoms with E-state index in [1.54, 1.807) is 18.3 Å². The minimum absolute atomic E-state index is 0.264. The van der Waals surface area contributed by atoms with Crippen LogP contribution in [0.5, 0.6) is 5.88 Å². The van der Waals surface area contributed by atoms with E-state index in [-0.39, 0.29) is 6.54 Å². The lowest BCUT2D eigenvalue weighted by Crippen LogP contribution is -1.92. The van der Waals surface area contributed by atoms with Gasteiger partial charge >= 0.3 is 0 Å². The maximum Gasteiger partial charge on any atom is 0.235 e. The summed E-state index contributed by atoms with van der Waals surface area (Å²) in [5.74, 6) is 0.497. The molecule has 0 aliphatic carbocycles. The highest BCUT2D eigenvalue weighted by molar-refractivity contribution is 5.35. The second-order valence-electron chi connectivity index (χ2n) is 2.08. The second-order valence-corrected chi connectivity index (χ2v) is 2.08. The molecule has 1 aromatic rings. The zero-order valence-corrected chi connectivity index (χ0v) is 6.65. The quantitative estimate of drug-likeness (QED) is 0.493. The highest BCUT2D eigenvalue weighted by Crippen LogP contribution is 2.13. The lowest BCUT2D eigenvalue weighted by atomic mass is 10.3. The molecule has 0 aliphatic heterocycles. The van der Waals surface area contributed by atoms with Gasteiger partial charge in [-0.3, -0.25) is 0 Å².